The van der Waals surface area contributed by atoms with Crippen molar-refractivity contribution in [3.63, 3.8) is 0 Å². The number of nitro groups is 1. The van der Waals surface area contributed by atoms with Gasteiger partial charge in [0.2, 0.25) is 0 Å². The van der Waals surface area contributed by atoms with Gasteiger partial charge in [-0.05, 0) is 19.3 Å². The van der Waals surface area contributed by atoms with Gasteiger partial charge < -0.3 is 15.6 Å². The molecule has 1 atom stereocenters. The van der Waals surface area contributed by atoms with E-state index in [2.05, 4.69) is 5.32 Å². The molecule has 0 saturated heterocycles. The first-order chi connectivity index (χ1) is 9.18. The molecule has 112 valence electrons. The number of hydrogen-bond donors (Lipinski definition) is 2. The van der Waals surface area contributed by atoms with Gasteiger partial charge in [0.1, 0.15) is 5.69 Å². The summed E-state index contributed by atoms with van der Waals surface area (Å²) in [6.07, 6.45) is 2.05. The maximum atomic E-state index is 12.2. The summed E-state index contributed by atoms with van der Waals surface area (Å²) in [4.78, 5) is 22.4. The van der Waals surface area contributed by atoms with Crippen molar-refractivity contribution in [1.82, 2.24) is 9.88 Å². The van der Waals surface area contributed by atoms with E-state index in [1.807, 2.05) is 20.8 Å². The van der Waals surface area contributed by atoms with Crippen molar-refractivity contribution in [2.24, 2.45) is 18.7 Å². The Kier molecular flexibility index (Phi) is 4.88. The third-order valence-corrected chi connectivity index (χ3v) is 3.16. The molecule has 3 N–H and O–H groups in total. The lowest BCUT2D eigenvalue weighted by atomic mass is 9.90. The minimum absolute atomic E-state index is 0.101. The second-order valence-electron chi connectivity index (χ2n) is 5.77. The number of rotatable bonds is 6. The van der Waals surface area contributed by atoms with Crippen LogP contribution in [0.5, 0.6) is 0 Å². The zero-order valence-electron chi connectivity index (χ0n) is 12.3. The highest BCUT2D eigenvalue weighted by Gasteiger charge is 2.28. The van der Waals surface area contributed by atoms with Crippen molar-refractivity contribution in [3.05, 3.63) is 28.1 Å². The predicted octanol–water partition coefficient (Wildman–Crippen LogP) is 1.43. The summed E-state index contributed by atoms with van der Waals surface area (Å²) in [5, 5.41) is 13.6. The van der Waals surface area contributed by atoms with Crippen molar-refractivity contribution < 1.29 is 9.72 Å². The van der Waals surface area contributed by atoms with E-state index in [9.17, 15) is 14.9 Å². The molecule has 1 heterocycles. The molecule has 0 radical (unpaired) electrons. The monoisotopic (exact) mass is 282 g/mol. The molecule has 7 heteroatoms. The van der Waals surface area contributed by atoms with Crippen molar-refractivity contribution in [2.75, 3.05) is 6.54 Å². The van der Waals surface area contributed by atoms with Gasteiger partial charge in [-0.25, -0.2) is 0 Å². The molecule has 0 bridgehead atoms. The summed E-state index contributed by atoms with van der Waals surface area (Å²) < 4.78 is 1.44. The lowest BCUT2D eigenvalue weighted by Gasteiger charge is -2.31. The third-order valence-electron chi connectivity index (χ3n) is 3.16. The Hall–Kier alpha value is -1.89. The number of nitrogens with two attached hydrogens (primary N) is 1. The predicted molar refractivity (Wildman–Crippen MR) is 76.4 cm³/mol. The first kappa shape index (κ1) is 16.2. The number of nitrogens with one attached hydrogen (secondary N) is 1. The summed E-state index contributed by atoms with van der Waals surface area (Å²) in [5.41, 5.74) is 5.37. The van der Waals surface area contributed by atoms with Crippen LogP contribution in [0.25, 0.3) is 0 Å². The SMILES string of the molecule is CC(C)CC(C)(CN)NC(=O)c1cc([N+](=O)[O-])cn1C. The molecule has 1 unspecified atom stereocenters. The van der Waals surface area contributed by atoms with Crippen LogP contribution in [0.15, 0.2) is 12.3 Å². The van der Waals surface area contributed by atoms with Gasteiger partial charge in [0.05, 0.1) is 16.7 Å². The van der Waals surface area contributed by atoms with Gasteiger partial charge in [0.15, 0.2) is 0 Å². The van der Waals surface area contributed by atoms with Crippen LogP contribution in [0.3, 0.4) is 0 Å². The fraction of sp³-hybridized carbons (Fsp3) is 0.615. The molecule has 7 nitrogen and oxygen atoms in total. The average molecular weight is 282 g/mol. The number of hydrogen-bond acceptors (Lipinski definition) is 4. The van der Waals surface area contributed by atoms with Gasteiger partial charge in [-0.15, -0.1) is 0 Å². The molecule has 0 aliphatic heterocycles. The molecule has 20 heavy (non-hydrogen) atoms. The van der Waals surface area contributed by atoms with Crippen LogP contribution in [0.1, 0.15) is 37.7 Å². The second kappa shape index (κ2) is 6.04. The van der Waals surface area contributed by atoms with Crippen LogP contribution in [0, 0.1) is 16.0 Å². The average Bonchev–Trinajstić information content (AvgIpc) is 2.70. The molecular weight excluding hydrogens is 260 g/mol. The van der Waals surface area contributed by atoms with Gasteiger partial charge in [0, 0.05) is 19.7 Å². The Balaban J connectivity index is 2.92. The fourth-order valence-electron chi connectivity index (χ4n) is 2.30. The van der Waals surface area contributed by atoms with E-state index in [-0.39, 0.29) is 17.3 Å². The number of nitrogens with zero attached hydrogens (tertiary/aromatic N) is 2. The topological polar surface area (TPSA) is 103 Å². The summed E-state index contributed by atoms with van der Waals surface area (Å²) in [6, 6.07) is 1.27. The van der Waals surface area contributed by atoms with E-state index < -0.39 is 10.5 Å². The van der Waals surface area contributed by atoms with Crippen LogP contribution in [-0.4, -0.2) is 27.5 Å². The first-order valence-electron chi connectivity index (χ1n) is 6.52. The van der Waals surface area contributed by atoms with Crippen molar-refractivity contribution >= 4 is 11.6 Å². The molecule has 0 saturated carbocycles. The number of aromatic nitrogens is 1. The van der Waals surface area contributed by atoms with Crippen LogP contribution >= 0.6 is 0 Å². The van der Waals surface area contributed by atoms with E-state index in [0.717, 1.165) is 6.42 Å². The smallest absolute Gasteiger partial charge is 0.287 e. The fourth-order valence-corrected chi connectivity index (χ4v) is 2.30. The Labute approximate surface area is 118 Å². The molecule has 0 aromatic carbocycles. The third kappa shape index (κ3) is 3.80. The van der Waals surface area contributed by atoms with Gasteiger partial charge in [-0.1, -0.05) is 13.8 Å². The lowest BCUT2D eigenvalue weighted by Crippen LogP contribution is -2.52. The molecule has 1 rings (SSSR count). The highest BCUT2D eigenvalue weighted by molar-refractivity contribution is 5.94. The number of aryl methyl sites for hydroxylation is 1. The van der Waals surface area contributed by atoms with Gasteiger partial charge >= 0.3 is 0 Å². The lowest BCUT2D eigenvalue weighted by molar-refractivity contribution is -0.384. The van der Waals surface area contributed by atoms with Crippen molar-refractivity contribution in [2.45, 2.75) is 32.7 Å². The van der Waals surface area contributed by atoms with E-state index in [1.54, 1.807) is 7.05 Å². The van der Waals surface area contributed by atoms with Crippen molar-refractivity contribution in [3.8, 4) is 0 Å². The maximum absolute atomic E-state index is 12.2. The Morgan fingerprint density at radius 2 is 2.20 bits per heavy atom. The molecule has 0 aliphatic carbocycles. The molecule has 0 aliphatic rings. The number of amides is 1. The first-order valence-corrected chi connectivity index (χ1v) is 6.52. The maximum Gasteiger partial charge on any atom is 0.287 e. The molecular formula is C13H22N4O3. The highest BCUT2D eigenvalue weighted by Crippen LogP contribution is 2.19. The van der Waals surface area contributed by atoms with Crippen LogP contribution in [0.2, 0.25) is 0 Å². The zero-order chi connectivity index (χ0) is 15.5. The number of carbonyl (C=O) groups excluding carboxylic acids is 1. The Morgan fingerprint density at radius 1 is 1.60 bits per heavy atom. The summed E-state index contributed by atoms with van der Waals surface area (Å²) in [6.45, 7) is 6.28. The largest absolute Gasteiger partial charge is 0.344 e. The standard InChI is InChI=1S/C13H22N4O3/c1-9(2)6-13(3,8-14)15-12(18)11-5-10(17(19)20)7-16(11)4/h5,7,9H,6,8,14H2,1-4H3,(H,15,18). The quantitative estimate of drug-likeness (QED) is 0.608. The normalized spacial score (nSPS) is 14.1. The molecule has 1 aromatic heterocycles. The molecule has 0 fully saturated rings. The Morgan fingerprint density at radius 3 is 2.60 bits per heavy atom. The van der Waals surface area contributed by atoms with Crippen LogP contribution < -0.4 is 11.1 Å². The highest BCUT2D eigenvalue weighted by atomic mass is 16.6. The Bertz CT molecular complexity index is 510. The minimum atomic E-state index is -0.524. The van der Waals surface area contributed by atoms with Crippen LogP contribution in [-0.2, 0) is 7.05 Å². The second-order valence-corrected chi connectivity index (χ2v) is 5.77. The van der Waals surface area contributed by atoms with Gasteiger partial charge in [-0.2, -0.15) is 0 Å². The summed E-state index contributed by atoms with van der Waals surface area (Å²) >= 11 is 0. The van der Waals surface area contributed by atoms with E-state index in [4.69, 9.17) is 5.73 Å². The summed E-state index contributed by atoms with van der Waals surface area (Å²) in [5.74, 6) is 0.0285. The van der Waals surface area contributed by atoms with Gasteiger partial charge in [0.25, 0.3) is 11.6 Å². The van der Waals surface area contributed by atoms with E-state index in [0.29, 0.717) is 12.5 Å². The van der Waals surface area contributed by atoms with Gasteiger partial charge in [-0.3, -0.25) is 14.9 Å². The number of carbonyl (C=O) groups is 1. The summed E-state index contributed by atoms with van der Waals surface area (Å²) in [7, 11) is 1.60. The molecule has 1 aromatic rings. The van der Waals surface area contributed by atoms with E-state index >= 15 is 0 Å². The molecule has 1 amide bonds. The minimum Gasteiger partial charge on any atom is -0.344 e. The van der Waals surface area contributed by atoms with Crippen LogP contribution in [0.4, 0.5) is 5.69 Å². The van der Waals surface area contributed by atoms with E-state index in [1.165, 1.54) is 16.8 Å². The molecule has 0 spiro atoms. The zero-order valence-corrected chi connectivity index (χ0v) is 12.3. The van der Waals surface area contributed by atoms with Crippen molar-refractivity contribution in [1.29, 1.82) is 0 Å².